The molecule has 4 N–H and O–H groups in total. The van der Waals surface area contributed by atoms with Crippen LogP contribution >= 0.6 is 0 Å². The predicted molar refractivity (Wildman–Crippen MR) is 79.1 cm³/mol. The summed E-state index contributed by atoms with van der Waals surface area (Å²) in [6.45, 7) is 3.39. The van der Waals surface area contributed by atoms with Gasteiger partial charge in [-0.3, -0.25) is 0 Å². The van der Waals surface area contributed by atoms with E-state index in [-0.39, 0.29) is 29.7 Å². The van der Waals surface area contributed by atoms with Crippen molar-refractivity contribution < 1.29 is 23.4 Å². The molecule has 0 aliphatic rings. The molecule has 7 nitrogen and oxygen atoms in total. The number of sulfonamides is 1. The van der Waals surface area contributed by atoms with Gasteiger partial charge < -0.3 is 15.5 Å². The molecule has 0 saturated heterocycles. The van der Waals surface area contributed by atoms with E-state index in [1.807, 2.05) is 13.8 Å². The van der Waals surface area contributed by atoms with Crippen molar-refractivity contribution in [2.24, 2.45) is 0 Å². The number of aliphatic hydroxyl groups is 1. The van der Waals surface area contributed by atoms with Gasteiger partial charge in [-0.25, -0.2) is 17.9 Å². The summed E-state index contributed by atoms with van der Waals surface area (Å²) in [6, 6.07) is 3.94. The standard InChI is InChI=1S/C13H20N2O5S/c1-3-9(2)15-12-5-4-10(8-11(12)13(17)18)21(19,20)14-6-7-16/h4-5,8-9,14-16H,3,6-7H2,1-2H3,(H,17,18)/t9-/m1/s1. The number of anilines is 1. The van der Waals surface area contributed by atoms with E-state index in [0.717, 1.165) is 12.5 Å². The molecule has 1 rings (SSSR count). The van der Waals surface area contributed by atoms with Gasteiger partial charge in [-0.1, -0.05) is 6.92 Å². The molecule has 0 aliphatic heterocycles. The minimum Gasteiger partial charge on any atom is -0.478 e. The lowest BCUT2D eigenvalue weighted by atomic mass is 10.1. The smallest absolute Gasteiger partial charge is 0.337 e. The van der Waals surface area contributed by atoms with Crippen LogP contribution in [0.25, 0.3) is 0 Å². The molecule has 1 aromatic carbocycles. The highest BCUT2D eigenvalue weighted by Crippen LogP contribution is 2.21. The number of carboxylic acid groups (broad SMARTS) is 1. The average molecular weight is 316 g/mol. The molecule has 0 amide bonds. The van der Waals surface area contributed by atoms with E-state index in [1.54, 1.807) is 0 Å². The van der Waals surface area contributed by atoms with Crippen LogP contribution in [0.3, 0.4) is 0 Å². The molecule has 0 bridgehead atoms. The van der Waals surface area contributed by atoms with Crippen LogP contribution in [0.2, 0.25) is 0 Å². The first kappa shape index (κ1) is 17.4. The van der Waals surface area contributed by atoms with Gasteiger partial charge in [0.25, 0.3) is 0 Å². The first-order chi connectivity index (χ1) is 9.81. The SMILES string of the molecule is CC[C@@H](C)Nc1ccc(S(=O)(=O)NCCO)cc1C(=O)O. The maximum atomic E-state index is 11.9. The Morgan fingerprint density at radius 2 is 2.05 bits per heavy atom. The third kappa shape index (κ3) is 4.69. The Balaban J connectivity index is 3.17. The largest absolute Gasteiger partial charge is 0.478 e. The summed E-state index contributed by atoms with van der Waals surface area (Å²) in [6.07, 6.45) is 0.803. The molecule has 1 aromatic rings. The summed E-state index contributed by atoms with van der Waals surface area (Å²) in [4.78, 5) is 11.1. The van der Waals surface area contributed by atoms with Crippen LogP contribution in [-0.4, -0.2) is 43.8 Å². The molecule has 0 aliphatic carbocycles. The molecule has 21 heavy (non-hydrogen) atoms. The summed E-state index contributed by atoms with van der Waals surface area (Å²) in [5, 5.41) is 20.9. The van der Waals surface area contributed by atoms with Crippen LogP contribution in [0.5, 0.6) is 0 Å². The number of benzene rings is 1. The van der Waals surface area contributed by atoms with Crippen LogP contribution in [-0.2, 0) is 10.0 Å². The summed E-state index contributed by atoms with van der Waals surface area (Å²) in [7, 11) is -3.83. The Morgan fingerprint density at radius 1 is 1.38 bits per heavy atom. The third-order valence-corrected chi connectivity index (χ3v) is 4.41. The second-order valence-electron chi connectivity index (χ2n) is 4.59. The summed E-state index contributed by atoms with van der Waals surface area (Å²) in [5.41, 5.74) is 0.264. The van der Waals surface area contributed by atoms with Crippen molar-refractivity contribution in [3.05, 3.63) is 23.8 Å². The van der Waals surface area contributed by atoms with Gasteiger partial charge in [-0.05, 0) is 31.5 Å². The van der Waals surface area contributed by atoms with E-state index >= 15 is 0 Å². The van der Waals surface area contributed by atoms with E-state index < -0.39 is 16.0 Å². The molecule has 118 valence electrons. The summed E-state index contributed by atoms with van der Waals surface area (Å²) in [5.74, 6) is -1.21. The Bertz CT molecular complexity index is 601. The van der Waals surface area contributed by atoms with Gasteiger partial charge in [0.15, 0.2) is 0 Å². The highest BCUT2D eigenvalue weighted by Gasteiger charge is 2.19. The van der Waals surface area contributed by atoms with Crippen LogP contribution in [0.15, 0.2) is 23.1 Å². The molecule has 0 heterocycles. The van der Waals surface area contributed by atoms with Gasteiger partial charge in [0.05, 0.1) is 17.1 Å². The topological polar surface area (TPSA) is 116 Å². The Morgan fingerprint density at radius 3 is 2.57 bits per heavy atom. The Hall–Kier alpha value is -1.64. The summed E-state index contributed by atoms with van der Waals surface area (Å²) >= 11 is 0. The number of nitrogens with one attached hydrogen (secondary N) is 2. The number of aliphatic hydroxyl groups excluding tert-OH is 1. The highest BCUT2D eigenvalue weighted by molar-refractivity contribution is 7.89. The molecular formula is C13H20N2O5S. The van der Waals surface area contributed by atoms with Gasteiger partial charge in [-0.2, -0.15) is 0 Å². The zero-order valence-corrected chi connectivity index (χ0v) is 12.8. The van der Waals surface area contributed by atoms with E-state index in [1.165, 1.54) is 12.1 Å². The van der Waals surface area contributed by atoms with Crippen molar-refractivity contribution in [1.82, 2.24) is 4.72 Å². The molecular weight excluding hydrogens is 296 g/mol. The van der Waals surface area contributed by atoms with Crippen molar-refractivity contribution in [3.8, 4) is 0 Å². The monoisotopic (exact) mass is 316 g/mol. The quantitative estimate of drug-likeness (QED) is 0.565. The first-order valence-corrected chi connectivity index (χ1v) is 8.04. The van der Waals surface area contributed by atoms with Crippen LogP contribution in [0, 0.1) is 0 Å². The third-order valence-electron chi connectivity index (χ3n) is 2.95. The van der Waals surface area contributed by atoms with E-state index in [9.17, 15) is 18.3 Å². The van der Waals surface area contributed by atoms with Gasteiger partial charge >= 0.3 is 5.97 Å². The predicted octanol–water partition coefficient (Wildman–Crippen LogP) is 0.866. The maximum Gasteiger partial charge on any atom is 0.337 e. The number of carbonyl (C=O) groups is 1. The fourth-order valence-electron chi connectivity index (χ4n) is 1.62. The van der Waals surface area contributed by atoms with Crippen molar-refractivity contribution in [2.75, 3.05) is 18.5 Å². The van der Waals surface area contributed by atoms with Crippen LogP contribution in [0.4, 0.5) is 5.69 Å². The van der Waals surface area contributed by atoms with Gasteiger partial charge in [-0.15, -0.1) is 0 Å². The minimum absolute atomic E-state index is 0.0677. The van der Waals surface area contributed by atoms with Crippen molar-refractivity contribution >= 4 is 21.7 Å². The van der Waals surface area contributed by atoms with Crippen molar-refractivity contribution in [3.63, 3.8) is 0 Å². The van der Waals surface area contributed by atoms with E-state index in [4.69, 9.17) is 5.11 Å². The lowest BCUT2D eigenvalue weighted by Gasteiger charge is -2.16. The average Bonchev–Trinajstić information content (AvgIpc) is 2.44. The lowest BCUT2D eigenvalue weighted by molar-refractivity contribution is 0.0697. The first-order valence-electron chi connectivity index (χ1n) is 6.56. The maximum absolute atomic E-state index is 11.9. The van der Waals surface area contributed by atoms with E-state index in [0.29, 0.717) is 5.69 Å². The van der Waals surface area contributed by atoms with Crippen LogP contribution in [0.1, 0.15) is 30.6 Å². The fraction of sp³-hybridized carbons (Fsp3) is 0.462. The molecule has 8 heteroatoms. The molecule has 0 aromatic heterocycles. The Labute approximate surface area is 124 Å². The highest BCUT2D eigenvalue weighted by atomic mass is 32.2. The molecule has 0 fully saturated rings. The van der Waals surface area contributed by atoms with Gasteiger partial charge in [0.1, 0.15) is 0 Å². The zero-order valence-electron chi connectivity index (χ0n) is 12.0. The van der Waals surface area contributed by atoms with Crippen LogP contribution < -0.4 is 10.0 Å². The molecule has 0 unspecified atom stereocenters. The fourth-order valence-corrected chi connectivity index (χ4v) is 2.67. The van der Waals surface area contributed by atoms with Gasteiger partial charge in [0, 0.05) is 18.3 Å². The molecule has 0 radical (unpaired) electrons. The number of hydrogen-bond acceptors (Lipinski definition) is 5. The number of aromatic carboxylic acids is 1. The van der Waals surface area contributed by atoms with Crippen molar-refractivity contribution in [2.45, 2.75) is 31.2 Å². The molecule has 0 spiro atoms. The second-order valence-corrected chi connectivity index (χ2v) is 6.35. The zero-order chi connectivity index (χ0) is 16.0. The minimum atomic E-state index is -3.83. The lowest BCUT2D eigenvalue weighted by Crippen LogP contribution is -2.27. The number of hydrogen-bond donors (Lipinski definition) is 4. The Kier molecular flexibility index (Phi) is 6.13. The van der Waals surface area contributed by atoms with E-state index in [2.05, 4.69) is 10.0 Å². The second kappa shape index (κ2) is 7.39. The normalized spacial score (nSPS) is 12.9. The van der Waals surface area contributed by atoms with Crippen molar-refractivity contribution in [1.29, 1.82) is 0 Å². The number of rotatable bonds is 8. The number of carboxylic acids is 1. The summed E-state index contributed by atoms with van der Waals surface area (Å²) < 4.78 is 26.0. The molecule has 0 saturated carbocycles. The molecule has 1 atom stereocenters. The van der Waals surface area contributed by atoms with Gasteiger partial charge in [0.2, 0.25) is 10.0 Å².